The molecule has 4 heteroatoms. The molecule has 0 radical (unpaired) electrons. The third kappa shape index (κ3) is 3.10. The third-order valence-electron chi connectivity index (χ3n) is 2.84. The molecule has 0 bridgehead atoms. The van der Waals surface area contributed by atoms with Gasteiger partial charge in [-0.3, -0.25) is 9.59 Å². The third-order valence-corrected chi connectivity index (χ3v) is 2.84. The molecule has 0 saturated carbocycles. The lowest BCUT2D eigenvalue weighted by Crippen LogP contribution is -2.23. The summed E-state index contributed by atoms with van der Waals surface area (Å²) < 4.78 is 5.33. The van der Waals surface area contributed by atoms with Crippen LogP contribution in [0.25, 0.3) is 11.3 Å². The van der Waals surface area contributed by atoms with Crippen LogP contribution in [-0.4, -0.2) is 31.2 Å². The van der Waals surface area contributed by atoms with E-state index in [4.69, 9.17) is 4.42 Å². The smallest absolute Gasteiger partial charge is 0.226 e. The minimum Gasteiger partial charge on any atom is -0.453 e. The van der Waals surface area contributed by atoms with Crippen LogP contribution in [0.5, 0.6) is 0 Å². The summed E-state index contributed by atoms with van der Waals surface area (Å²) in [7, 11) is 3.47. The number of hydrogen-bond donors (Lipinski definition) is 0. The van der Waals surface area contributed by atoms with Crippen molar-refractivity contribution in [3.05, 3.63) is 47.7 Å². The van der Waals surface area contributed by atoms with Gasteiger partial charge in [-0.15, -0.1) is 0 Å². The molecule has 0 aliphatic rings. The van der Waals surface area contributed by atoms with Gasteiger partial charge in [-0.1, -0.05) is 24.3 Å². The van der Waals surface area contributed by atoms with Gasteiger partial charge in [-0.05, 0) is 17.7 Å². The van der Waals surface area contributed by atoms with E-state index in [0.717, 1.165) is 11.1 Å². The van der Waals surface area contributed by atoms with Crippen LogP contribution in [-0.2, 0) is 11.2 Å². The van der Waals surface area contributed by atoms with E-state index < -0.39 is 0 Å². The molecular weight excluding hydrogens is 242 g/mol. The second-order valence-electron chi connectivity index (χ2n) is 4.48. The molecule has 98 valence electrons. The standard InChI is InChI=1S/C15H15NO3/c1-16(2)15(18)9-11-3-5-12(6-4-11)14-8-7-13(10-17)19-14/h3-8,10H,9H2,1-2H3. The highest BCUT2D eigenvalue weighted by molar-refractivity contribution is 5.78. The zero-order valence-corrected chi connectivity index (χ0v) is 10.9. The van der Waals surface area contributed by atoms with Crippen LogP contribution in [0.3, 0.4) is 0 Å². The second-order valence-corrected chi connectivity index (χ2v) is 4.48. The van der Waals surface area contributed by atoms with Crippen LogP contribution in [0, 0.1) is 0 Å². The fourth-order valence-electron chi connectivity index (χ4n) is 1.69. The van der Waals surface area contributed by atoms with Crippen LogP contribution in [0.4, 0.5) is 0 Å². The highest BCUT2D eigenvalue weighted by atomic mass is 16.3. The van der Waals surface area contributed by atoms with E-state index in [1.807, 2.05) is 24.3 Å². The predicted molar refractivity (Wildman–Crippen MR) is 71.9 cm³/mol. The summed E-state index contributed by atoms with van der Waals surface area (Å²) in [6.07, 6.45) is 1.05. The first-order valence-electron chi connectivity index (χ1n) is 5.94. The van der Waals surface area contributed by atoms with Crippen molar-refractivity contribution in [2.24, 2.45) is 0 Å². The summed E-state index contributed by atoms with van der Waals surface area (Å²) in [6.45, 7) is 0. The Hall–Kier alpha value is -2.36. The van der Waals surface area contributed by atoms with E-state index >= 15 is 0 Å². The number of rotatable bonds is 4. The van der Waals surface area contributed by atoms with Gasteiger partial charge < -0.3 is 9.32 Å². The van der Waals surface area contributed by atoms with Crippen LogP contribution in [0.1, 0.15) is 16.1 Å². The Morgan fingerprint density at radius 3 is 2.37 bits per heavy atom. The Morgan fingerprint density at radius 2 is 1.84 bits per heavy atom. The van der Waals surface area contributed by atoms with Crippen molar-refractivity contribution in [3.8, 4) is 11.3 Å². The molecule has 0 saturated heterocycles. The Morgan fingerprint density at radius 1 is 1.16 bits per heavy atom. The lowest BCUT2D eigenvalue weighted by atomic mass is 10.1. The van der Waals surface area contributed by atoms with Crippen molar-refractivity contribution in [1.29, 1.82) is 0 Å². The molecule has 0 fully saturated rings. The first kappa shape index (κ1) is 13.1. The van der Waals surface area contributed by atoms with Crippen molar-refractivity contribution in [2.75, 3.05) is 14.1 Å². The van der Waals surface area contributed by atoms with Crippen LogP contribution < -0.4 is 0 Å². The van der Waals surface area contributed by atoms with Gasteiger partial charge in [0.25, 0.3) is 0 Å². The van der Waals surface area contributed by atoms with Crippen molar-refractivity contribution in [1.82, 2.24) is 4.90 Å². The summed E-state index contributed by atoms with van der Waals surface area (Å²) in [5.74, 6) is 1.02. The molecule has 0 N–H and O–H groups in total. The fraction of sp³-hybridized carbons (Fsp3) is 0.200. The quantitative estimate of drug-likeness (QED) is 0.790. The maximum absolute atomic E-state index is 11.6. The van der Waals surface area contributed by atoms with Gasteiger partial charge in [0.2, 0.25) is 5.91 Å². The molecule has 2 rings (SSSR count). The SMILES string of the molecule is CN(C)C(=O)Cc1ccc(-c2ccc(C=O)o2)cc1. The lowest BCUT2D eigenvalue weighted by Gasteiger charge is -2.10. The molecule has 0 spiro atoms. The van der Waals surface area contributed by atoms with Crippen molar-refractivity contribution >= 4 is 12.2 Å². The number of nitrogens with zero attached hydrogens (tertiary/aromatic N) is 1. The average molecular weight is 257 g/mol. The van der Waals surface area contributed by atoms with E-state index in [1.54, 1.807) is 31.1 Å². The minimum atomic E-state index is 0.0639. The monoisotopic (exact) mass is 257 g/mol. The van der Waals surface area contributed by atoms with Crippen LogP contribution in [0.15, 0.2) is 40.8 Å². The van der Waals surface area contributed by atoms with E-state index in [0.29, 0.717) is 24.2 Å². The largest absolute Gasteiger partial charge is 0.453 e. The van der Waals surface area contributed by atoms with E-state index in [9.17, 15) is 9.59 Å². The minimum absolute atomic E-state index is 0.0639. The van der Waals surface area contributed by atoms with Crippen molar-refractivity contribution < 1.29 is 14.0 Å². The number of benzene rings is 1. The number of hydrogen-bond acceptors (Lipinski definition) is 3. The molecule has 0 aliphatic carbocycles. The van der Waals surface area contributed by atoms with Gasteiger partial charge in [0.1, 0.15) is 5.76 Å². The summed E-state index contributed by atoms with van der Waals surface area (Å²) >= 11 is 0. The number of likely N-dealkylation sites (N-methyl/N-ethyl adjacent to an activating group) is 1. The summed E-state index contributed by atoms with van der Waals surface area (Å²) in [6, 6.07) is 10.9. The first-order chi connectivity index (χ1) is 9.10. The molecule has 1 aromatic carbocycles. The summed E-state index contributed by atoms with van der Waals surface area (Å²) in [4.78, 5) is 23.7. The Balaban J connectivity index is 2.14. The van der Waals surface area contributed by atoms with E-state index in [-0.39, 0.29) is 5.91 Å². The Kier molecular flexibility index (Phi) is 3.80. The number of amides is 1. The summed E-state index contributed by atoms with van der Waals surface area (Å²) in [5, 5.41) is 0. The lowest BCUT2D eigenvalue weighted by molar-refractivity contribution is -0.127. The van der Waals surface area contributed by atoms with Gasteiger partial charge in [-0.25, -0.2) is 0 Å². The molecule has 4 nitrogen and oxygen atoms in total. The zero-order chi connectivity index (χ0) is 13.8. The van der Waals surface area contributed by atoms with Gasteiger partial charge in [0.05, 0.1) is 6.42 Å². The molecule has 0 aliphatic heterocycles. The Bertz CT molecular complexity index is 582. The molecule has 1 amide bonds. The molecular formula is C15H15NO3. The fourth-order valence-corrected chi connectivity index (χ4v) is 1.69. The van der Waals surface area contributed by atoms with E-state index in [1.165, 1.54) is 0 Å². The topological polar surface area (TPSA) is 50.5 Å². The van der Waals surface area contributed by atoms with Gasteiger partial charge in [-0.2, -0.15) is 0 Å². The number of carbonyl (C=O) groups excluding carboxylic acids is 2. The van der Waals surface area contributed by atoms with E-state index in [2.05, 4.69) is 0 Å². The maximum atomic E-state index is 11.6. The number of aldehydes is 1. The maximum Gasteiger partial charge on any atom is 0.226 e. The number of furan rings is 1. The van der Waals surface area contributed by atoms with Gasteiger partial charge in [0, 0.05) is 19.7 Å². The molecule has 0 atom stereocenters. The molecule has 1 heterocycles. The molecule has 19 heavy (non-hydrogen) atoms. The highest BCUT2D eigenvalue weighted by Gasteiger charge is 2.07. The predicted octanol–water partition coefficient (Wildman–Crippen LogP) is 2.39. The molecule has 0 unspecified atom stereocenters. The normalized spacial score (nSPS) is 10.2. The van der Waals surface area contributed by atoms with Crippen LogP contribution in [0.2, 0.25) is 0 Å². The van der Waals surface area contributed by atoms with Crippen LogP contribution >= 0.6 is 0 Å². The number of carbonyl (C=O) groups is 2. The van der Waals surface area contributed by atoms with Gasteiger partial charge in [0.15, 0.2) is 12.0 Å². The zero-order valence-electron chi connectivity index (χ0n) is 10.9. The molecule has 2 aromatic rings. The summed E-state index contributed by atoms with van der Waals surface area (Å²) in [5.41, 5.74) is 1.83. The second kappa shape index (κ2) is 5.52. The molecule has 1 aromatic heterocycles. The highest BCUT2D eigenvalue weighted by Crippen LogP contribution is 2.22. The van der Waals surface area contributed by atoms with Crippen molar-refractivity contribution in [3.63, 3.8) is 0 Å². The Labute approximate surface area is 111 Å². The van der Waals surface area contributed by atoms with Crippen molar-refractivity contribution in [2.45, 2.75) is 6.42 Å². The van der Waals surface area contributed by atoms with Gasteiger partial charge >= 0.3 is 0 Å². The average Bonchev–Trinajstić information content (AvgIpc) is 2.88. The first-order valence-corrected chi connectivity index (χ1v) is 5.94.